The van der Waals surface area contributed by atoms with Crippen molar-refractivity contribution in [3.8, 4) is 0 Å². The maximum absolute atomic E-state index is 11.2. The van der Waals surface area contributed by atoms with Crippen LogP contribution in [0.3, 0.4) is 0 Å². The van der Waals surface area contributed by atoms with Crippen LogP contribution in [-0.2, 0) is 23.8 Å². The van der Waals surface area contributed by atoms with Crippen LogP contribution in [0.15, 0.2) is 48.8 Å². The summed E-state index contributed by atoms with van der Waals surface area (Å²) in [6.07, 6.45) is 11.5. The highest BCUT2D eigenvalue weighted by molar-refractivity contribution is 5.88. The van der Waals surface area contributed by atoms with E-state index in [-0.39, 0.29) is 10.8 Å². The Morgan fingerprint density at radius 2 is 1.67 bits per heavy atom. The Labute approximate surface area is 197 Å². The average Bonchev–Trinajstić information content (AvgIpc) is 3.19. The Hall–Kier alpha value is -3.14. The normalized spacial score (nSPS) is 16.6. The van der Waals surface area contributed by atoms with Crippen molar-refractivity contribution in [3.05, 3.63) is 87.7 Å². The summed E-state index contributed by atoms with van der Waals surface area (Å²) in [5, 5.41) is 13.6. The smallest absolute Gasteiger partial charge is 0.335 e. The summed E-state index contributed by atoms with van der Waals surface area (Å²) in [6.45, 7) is 12.3. The van der Waals surface area contributed by atoms with E-state index in [9.17, 15) is 4.79 Å². The fraction of sp³-hybridized carbons (Fsp3) is 0.379. The number of fused-ring (bicyclic) bond motifs is 1. The first-order valence-corrected chi connectivity index (χ1v) is 11.7. The number of carboxylic acid groups (broad SMARTS) is 1. The summed E-state index contributed by atoms with van der Waals surface area (Å²) in [6, 6.07) is 11.8. The number of carboxylic acids is 1. The molecule has 3 aromatic rings. The Balaban J connectivity index is 1.73. The van der Waals surface area contributed by atoms with E-state index in [0.29, 0.717) is 5.56 Å². The monoisotopic (exact) mass is 442 g/mol. The quantitative estimate of drug-likeness (QED) is 0.435. The summed E-state index contributed by atoms with van der Waals surface area (Å²) >= 11 is 0. The van der Waals surface area contributed by atoms with Crippen molar-refractivity contribution in [2.45, 2.75) is 71.3 Å². The van der Waals surface area contributed by atoms with E-state index in [1.54, 1.807) is 12.1 Å². The van der Waals surface area contributed by atoms with Crippen LogP contribution in [0, 0.1) is 6.92 Å². The van der Waals surface area contributed by atoms with E-state index in [2.05, 4.69) is 70.2 Å². The van der Waals surface area contributed by atoms with Crippen LogP contribution in [0.25, 0.3) is 12.2 Å². The van der Waals surface area contributed by atoms with E-state index in [4.69, 9.17) is 5.11 Å². The second kappa shape index (κ2) is 8.66. The molecule has 4 nitrogen and oxygen atoms in total. The minimum absolute atomic E-state index is 0.147. The molecule has 1 N–H and O–H groups in total. The lowest BCUT2D eigenvalue weighted by Gasteiger charge is -2.42. The molecule has 4 rings (SSSR count). The van der Waals surface area contributed by atoms with Gasteiger partial charge in [0.25, 0.3) is 0 Å². The predicted octanol–water partition coefficient (Wildman–Crippen LogP) is 6.65. The lowest BCUT2D eigenvalue weighted by Crippen LogP contribution is -2.34. The number of benzene rings is 2. The van der Waals surface area contributed by atoms with Crippen molar-refractivity contribution in [3.63, 3.8) is 0 Å². The number of aryl methyl sites for hydroxylation is 3. The van der Waals surface area contributed by atoms with Crippen molar-refractivity contribution in [1.82, 2.24) is 9.78 Å². The second-order valence-corrected chi connectivity index (χ2v) is 10.7. The molecule has 0 aliphatic heterocycles. The minimum atomic E-state index is -0.902. The Bertz CT molecular complexity index is 1200. The van der Waals surface area contributed by atoms with Crippen LogP contribution in [0.1, 0.15) is 84.3 Å². The molecule has 1 heterocycles. The maximum Gasteiger partial charge on any atom is 0.335 e. The van der Waals surface area contributed by atoms with Gasteiger partial charge in [-0.3, -0.25) is 4.68 Å². The molecule has 33 heavy (non-hydrogen) atoms. The van der Waals surface area contributed by atoms with Gasteiger partial charge in [0.2, 0.25) is 0 Å². The van der Waals surface area contributed by atoms with E-state index in [1.165, 1.54) is 40.7 Å². The summed E-state index contributed by atoms with van der Waals surface area (Å²) in [5.74, 6) is -0.902. The second-order valence-electron chi connectivity index (χ2n) is 10.7. The zero-order chi connectivity index (χ0) is 23.8. The molecule has 0 spiro atoms. The molecule has 2 aromatic carbocycles. The number of rotatable bonds is 6. The lowest BCUT2D eigenvalue weighted by molar-refractivity contribution is 0.0697. The third kappa shape index (κ3) is 4.95. The molecule has 0 bridgehead atoms. The summed E-state index contributed by atoms with van der Waals surface area (Å²) in [4.78, 5) is 11.2. The van der Waals surface area contributed by atoms with Gasteiger partial charge in [-0.25, -0.2) is 4.79 Å². The zero-order valence-corrected chi connectivity index (χ0v) is 20.4. The standard InChI is InChI=1S/C29H34N2O2/c1-20-18-30-31(19-20)15-12-24-17-26-25(28(2,3)13-14-29(26,4)5)16-23(24)11-8-21-6-9-22(10-7-21)27(32)33/h6-11,16-19H,12-15H2,1-5H3,(H,32,33). The Morgan fingerprint density at radius 3 is 2.24 bits per heavy atom. The predicted molar refractivity (Wildman–Crippen MR) is 135 cm³/mol. The molecule has 0 fully saturated rings. The molecular weight excluding hydrogens is 408 g/mol. The van der Waals surface area contributed by atoms with Crippen LogP contribution >= 0.6 is 0 Å². The highest BCUT2D eigenvalue weighted by Gasteiger charge is 2.37. The first-order valence-electron chi connectivity index (χ1n) is 11.7. The first kappa shape index (κ1) is 23.0. The zero-order valence-electron chi connectivity index (χ0n) is 20.4. The third-order valence-electron chi connectivity index (χ3n) is 7.10. The number of aromatic nitrogens is 2. The number of carbonyl (C=O) groups is 1. The van der Waals surface area contributed by atoms with Gasteiger partial charge < -0.3 is 5.11 Å². The van der Waals surface area contributed by atoms with Crippen molar-refractivity contribution in [2.24, 2.45) is 0 Å². The fourth-order valence-electron chi connectivity index (χ4n) is 4.79. The topological polar surface area (TPSA) is 55.1 Å². The maximum atomic E-state index is 11.2. The van der Waals surface area contributed by atoms with Crippen molar-refractivity contribution in [2.75, 3.05) is 0 Å². The third-order valence-corrected chi connectivity index (χ3v) is 7.10. The fourth-order valence-corrected chi connectivity index (χ4v) is 4.79. The van der Waals surface area contributed by atoms with Crippen LogP contribution in [-0.4, -0.2) is 20.9 Å². The van der Waals surface area contributed by atoms with Crippen molar-refractivity contribution in [1.29, 1.82) is 0 Å². The van der Waals surface area contributed by atoms with Gasteiger partial charge in [0.1, 0.15) is 0 Å². The molecule has 0 atom stereocenters. The van der Waals surface area contributed by atoms with Gasteiger partial charge in [-0.05, 0) is 82.5 Å². The molecule has 0 unspecified atom stereocenters. The van der Waals surface area contributed by atoms with E-state index in [1.807, 2.05) is 23.0 Å². The largest absolute Gasteiger partial charge is 0.478 e. The Morgan fingerprint density at radius 1 is 1.03 bits per heavy atom. The van der Waals surface area contributed by atoms with Gasteiger partial charge in [-0.2, -0.15) is 5.10 Å². The molecule has 1 aromatic heterocycles. The van der Waals surface area contributed by atoms with Crippen LogP contribution in [0.5, 0.6) is 0 Å². The summed E-state index contributed by atoms with van der Waals surface area (Å²) in [7, 11) is 0. The molecule has 0 amide bonds. The van der Waals surface area contributed by atoms with Crippen LogP contribution < -0.4 is 0 Å². The highest BCUT2D eigenvalue weighted by atomic mass is 16.4. The van der Waals surface area contributed by atoms with Gasteiger partial charge in [0.05, 0.1) is 11.8 Å². The molecule has 0 radical (unpaired) electrons. The van der Waals surface area contributed by atoms with Gasteiger partial charge in [-0.15, -0.1) is 0 Å². The lowest BCUT2D eigenvalue weighted by atomic mass is 9.62. The van der Waals surface area contributed by atoms with Gasteiger partial charge in [-0.1, -0.05) is 64.1 Å². The Kier molecular flexibility index (Phi) is 6.04. The molecule has 0 saturated carbocycles. The number of hydrogen-bond donors (Lipinski definition) is 1. The van der Waals surface area contributed by atoms with E-state index in [0.717, 1.165) is 18.5 Å². The van der Waals surface area contributed by atoms with Gasteiger partial charge >= 0.3 is 5.97 Å². The minimum Gasteiger partial charge on any atom is -0.478 e. The SMILES string of the molecule is Cc1cnn(CCc2cc3c(cc2C=Cc2ccc(C(=O)O)cc2)C(C)(C)CCC3(C)C)c1. The van der Waals surface area contributed by atoms with Crippen LogP contribution in [0.4, 0.5) is 0 Å². The highest BCUT2D eigenvalue weighted by Crippen LogP contribution is 2.46. The molecule has 1 aliphatic rings. The van der Waals surface area contributed by atoms with Gasteiger partial charge in [0.15, 0.2) is 0 Å². The van der Waals surface area contributed by atoms with Crippen LogP contribution in [0.2, 0.25) is 0 Å². The molecule has 4 heteroatoms. The summed E-state index contributed by atoms with van der Waals surface area (Å²) in [5.41, 5.74) is 8.24. The molecule has 1 aliphatic carbocycles. The average molecular weight is 443 g/mol. The number of hydrogen-bond acceptors (Lipinski definition) is 2. The van der Waals surface area contributed by atoms with Crippen molar-refractivity contribution < 1.29 is 9.90 Å². The van der Waals surface area contributed by atoms with E-state index < -0.39 is 5.97 Å². The molecule has 0 saturated heterocycles. The first-order chi connectivity index (χ1) is 15.5. The van der Waals surface area contributed by atoms with E-state index >= 15 is 0 Å². The molecular formula is C29H34N2O2. The molecule has 172 valence electrons. The summed E-state index contributed by atoms with van der Waals surface area (Å²) < 4.78 is 2.02. The number of aromatic carboxylic acids is 1. The van der Waals surface area contributed by atoms with Crippen molar-refractivity contribution >= 4 is 18.1 Å². The van der Waals surface area contributed by atoms with Gasteiger partial charge in [0, 0.05) is 12.7 Å². The number of nitrogens with zero attached hydrogens (tertiary/aromatic N) is 2.